The SMILES string of the molecule is Cc1ccc(C2=NN3C(=N)/C(=C/c4cc(C)n(-c5ccc(Br)cc5)c4C)C(=O)N=C3S2)cc1. The highest BCUT2D eigenvalue weighted by atomic mass is 79.9. The molecule has 0 spiro atoms. The number of hydrazone groups is 1. The van der Waals surface area contributed by atoms with Crippen LogP contribution in [0.5, 0.6) is 0 Å². The summed E-state index contributed by atoms with van der Waals surface area (Å²) in [6.07, 6.45) is 1.74. The van der Waals surface area contributed by atoms with E-state index >= 15 is 0 Å². The maximum atomic E-state index is 12.9. The first-order valence-electron chi connectivity index (χ1n) is 10.3. The number of thioether (sulfide) groups is 1. The molecule has 1 aromatic heterocycles. The third kappa shape index (κ3) is 3.89. The number of benzene rings is 2. The number of rotatable bonds is 3. The Hall–Kier alpha value is -3.23. The van der Waals surface area contributed by atoms with Crippen LogP contribution in [0.4, 0.5) is 0 Å². The van der Waals surface area contributed by atoms with Crippen LogP contribution in [0.25, 0.3) is 11.8 Å². The lowest BCUT2D eigenvalue weighted by molar-refractivity contribution is -0.114. The number of hydrogen-bond acceptors (Lipinski definition) is 4. The molecule has 164 valence electrons. The Morgan fingerprint density at radius 2 is 1.73 bits per heavy atom. The summed E-state index contributed by atoms with van der Waals surface area (Å²) in [5, 5.41) is 15.8. The molecule has 1 amide bonds. The molecule has 0 radical (unpaired) electrons. The van der Waals surface area contributed by atoms with E-state index in [2.05, 4.69) is 30.6 Å². The Morgan fingerprint density at radius 3 is 2.42 bits per heavy atom. The molecule has 2 aliphatic heterocycles. The van der Waals surface area contributed by atoms with Gasteiger partial charge in [0.25, 0.3) is 5.91 Å². The Morgan fingerprint density at radius 1 is 1.03 bits per heavy atom. The maximum Gasteiger partial charge on any atom is 0.283 e. The van der Waals surface area contributed by atoms with Gasteiger partial charge >= 0.3 is 0 Å². The summed E-state index contributed by atoms with van der Waals surface area (Å²) in [6.45, 7) is 6.06. The van der Waals surface area contributed by atoms with Crippen molar-refractivity contribution in [2.45, 2.75) is 20.8 Å². The van der Waals surface area contributed by atoms with Crippen LogP contribution in [-0.4, -0.2) is 31.5 Å². The fourth-order valence-corrected chi connectivity index (χ4v) is 5.04. The number of amidine groups is 2. The van der Waals surface area contributed by atoms with Gasteiger partial charge in [-0.05, 0) is 74.5 Å². The highest BCUT2D eigenvalue weighted by molar-refractivity contribution is 9.10. The van der Waals surface area contributed by atoms with Gasteiger partial charge in [-0.1, -0.05) is 45.8 Å². The minimum absolute atomic E-state index is 0.0352. The van der Waals surface area contributed by atoms with Gasteiger partial charge in [-0.2, -0.15) is 15.1 Å². The highest BCUT2D eigenvalue weighted by Crippen LogP contribution is 2.32. The molecule has 3 heterocycles. The van der Waals surface area contributed by atoms with Crippen LogP contribution in [0.3, 0.4) is 0 Å². The highest BCUT2D eigenvalue weighted by Gasteiger charge is 2.36. The zero-order valence-electron chi connectivity index (χ0n) is 18.3. The van der Waals surface area contributed by atoms with Crippen molar-refractivity contribution in [1.82, 2.24) is 9.58 Å². The molecule has 33 heavy (non-hydrogen) atoms. The van der Waals surface area contributed by atoms with Crippen molar-refractivity contribution in [3.8, 4) is 5.69 Å². The van der Waals surface area contributed by atoms with Crippen molar-refractivity contribution in [1.29, 1.82) is 5.41 Å². The van der Waals surface area contributed by atoms with Crippen LogP contribution >= 0.6 is 27.7 Å². The van der Waals surface area contributed by atoms with Gasteiger partial charge in [-0.25, -0.2) is 0 Å². The van der Waals surface area contributed by atoms with Crippen LogP contribution in [-0.2, 0) is 4.79 Å². The van der Waals surface area contributed by atoms with Gasteiger partial charge in [0.1, 0.15) is 5.04 Å². The molecule has 6 nitrogen and oxygen atoms in total. The maximum absolute atomic E-state index is 12.9. The van der Waals surface area contributed by atoms with E-state index in [-0.39, 0.29) is 11.4 Å². The van der Waals surface area contributed by atoms with E-state index in [4.69, 9.17) is 5.41 Å². The predicted octanol–water partition coefficient (Wildman–Crippen LogP) is 5.83. The van der Waals surface area contributed by atoms with Gasteiger partial charge in [-0.15, -0.1) is 0 Å². The Balaban J connectivity index is 1.50. The van der Waals surface area contributed by atoms with Crippen LogP contribution in [0.1, 0.15) is 28.1 Å². The summed E-state index contributed by atoms with van der Waals surface area (Å²) >= 11 is 4.78. The molecule has 0 unspecified atom stereocenters. The number of fused-ring (bicyclic) bond motifs is 1. The summed E-state index contributed by atoms with van der Waals surface area (Å²) in [6, 6.07) is 18.1. The molecule has 3 aromatic rings. The van der Waals surface area contributed by atoms with Gasteiger partial charge in [0.2, 0.25) is 5.17 Å². The quantitative estimate of drug-likeness (QED) is 0.444. The zero-order valence-corrected chi connectivity index (χ0v) is 20.7. The molecule has 0 saturated heterocycles. The molecule has 5 rings (SSSR count). The second kappa shape index (κ2) is 8.28. The molecule has 0 bridgehead atoms. The van der Waals surface area contributed by atoms with Crippen LogP contribution < -0.4 is 0 Å². The van der Waals surface area contributed by atoms with E-state index in [1.54, 1.807) is 6.08 Å². The number of amides is 1. The Kier molecular flexibility index (Phi) is 5.42. The van der Waals surface area contributed by atoms with Crippen molar-refractivity contribution in [3.05, 3.63) is 92.7 Å². The number of nitrogens with one attached hydrogen (secondary N) is 1. The van der Waals surface area contributed by atoms with E-state index in [9.17, 15) is 4.79 Å². The second-order valence-electron chi connectivity index (χ2n) is 7.93. The average molecular weight is 518 g/mol. The van der Waals surface area contributed by atoms with Crippen LogP contribution in [0.2, 0.25) is 0 Å². The fourth-order valence-electron chi connectivity index (χ4n) is 3.88. The first-order chi connectivity index (χ1) is 15.8. The monoisotopic (exact) mass is 517 g/mol. The smallest absolute Gasteiger partial charge is 0.283 e. The summed E-state index contributed by atoms with van der Waals surface area (Å²) in [5.41, 5.74) is 6.25. The van der Waals surface area contributed by atoms with Crippen molar-refractivity contribution in [3.63, 3.8) is 0 Å². The minimum Gasteiger partial charge on any atom is -0.318 e. The largest absolute Gasteiger partial charge is 0.318 e. The summed E-state index contributed by atoms with van der Waals surface area (Å²) < 4.78 is 3.14. The molecule has 1 N–H and O–H groups in total. The Bertz CT molecular complexity index is 1400. The van der Waals surface area contributed by atoms with Gasteiger partial charge in [0.15, 0.2) is 5.84 Å². The first-order valence-corrected chi connectivity index (χ1v) is 11.9. The first kappa shape index (κ1) is 21.6. The summed E-state index contributed by atoms with van der Waals surface area (Å²) in [7, 11) is 0. The summed E-state index contributed by atoms with van der Waals surface area (Å²) in [4.78, 5) is 17.1. The number of aliphatic imine (C=N–C) groups is 1. The average Bonchev–Trinajstić information content (AvgIpc) is 3.33. The number of hydrogen-bond donors (Lipinski definition) is 1. The lowest BCUT2D eigenvalue weighted by atomic mass is 10.1. The van der Waals surface area contributed by atoms with E-state index in [0.29, 0.717) is 5.17 Å². The molecule has 8 heteroatoms. The topological polar surface area (TPSA) is 73.8 Å². The molecule has 2 aromatic carbocycles. The number of halogens is 1. The van der Waals surface area contributed by atoms with Crippen molar-refractivity contribution in [2.75, 3.05) is 0 Å². The number of carbonyl (C=O) groups excluding carboxylic acids is 1. The molecule has 0 atom stereocenters. The molecular weight excluding hydrogens is 498 g/mol. The molecular formula is C25H20BrN5OS. The number of aryl methyl sites for hydroxylation is 2. The van der Waals surface area contributed by atoms with Crippen LogP contribution in [0.15, 0.2) is 74.7 Å². The number of aromatic nitrogens is 1. The van der Waals surface area contributed by atoms with E-state index < -0.39 is 5.91 Å². The molecule has 0 saturated carbocycles. The van der Waals surface area contributed by atoms with Crippen LogP contribution in [0, 0.1) is 26.2 Å². The summed E-state index contributed by atoms with van der Waals surface area (Å²) in [5.74, 6) is -0.388. The van der Waals surface area contributed by atoms with Gasteiger partial charge in [0, 0.05) is 27.1 Å². The van der Waals surface area contributed by atoms with Gasteiger partial charge in [0.05, 0.1) is 5.57 Å². The van der Waals surface area contributed by atoms with E-state index in [1.807, 2.05) is 75.4 Å². The number of carbonyl (C=O) groups is 1. The van der Waals surface area contributed by atoms with Gasteiger partial charge < -0.3 is 4.57 Å². The number of nitrogens with zero attached hydrogens (tertiary/aromatic N) is 4. The fraction of sp³-hybridized carbons (Fsp3) is 0.120. The normalized spacial score (nSPS) is 16.8. The standard InChI is InChI=1S/C25H20BrN5OS/c1-14-4-6-17(7-5-14)24-29-31-22(27)21(23(32)28-25(31)33-24)13-18-12-15(2)30(16(18)3)20-10-8-19(26)9-11-20/h4-13,27H,1-3H3/b21-13-,27-22?. The third-order valence-corrected chi connectivity index (χ3v) is 7.09. The molecule has 0 fully saturated rings. The third-order valence-electron chi connectivity index (χ3n) is 5.61. The van der Waals surface area contributed by atoms with E-state index in [1.165, 1.54) is 16.8 Å². The van der Waals surface area contributed by atoms with E-state index in [0.717, 1.165) is 43.3 Å². The second-order valence-corrected chi connectivity index (χ2v) is 9.80. The van der Waals surface area contributed by atoms with Crippen molar-refractivity contribution < 1.29 is 4.79 Å². The zero-order chi connectivity index (χ0) is 23.3. The lowest BCUT2D eigenvalue weighted by Gasteiger charge is -2.20. The minimum atomic E-state index is -0.424. The van der Waals surface area contributed by atoms with Crippen molar-refractivity contribution in [2.24, 2.45) is 10.1 Å². The predicted molar refractivity (Wildman–Crippen MR) is 138 cm³/mol. The van der Waals surface area contributed by atoms with Gasteiger partial charge in [-0.3, -0.25) is 10.2 Å². The molecule has 2 aliphatic rings. The molecule has 0 aliphatic carbocycles. The lowest BCUT2D eigenvalue weighted by Crippen LogP contribution is -2.35. The van der Waals surface area contributed by atoms with Crippen molar-refractivity contribution >= 4 is 55.7 Å². The Labute approximate surface area is 204 Å².